The predicted octanol–water partition coefficient (Wildman–Crippen LogP) is 1.41. The minimum Gasteiger partial charge on any atom is -0.444 e. The highest BCUT2D eigenvalue weighted by molar-refractivity contribution is 7.86. The van der Waals surface area contributed by atoms with E-state index in [1.807, 2.05) is 0 Å². The van der Waals surface area contributed by atoms with Gasteiger partial charge in [0.1, 0.15) is 70.7 Å². The SMILES string of the molecule is CC(C)(C)OC(=O)NCC[C@H](O)C(=O)N[C@@H]1C[C@H](NC(=O)OC(C)(C)C)C(O[C@@H]2OC(CNC(=O)OC(C)(C)C)CCC2NC(=O)OC(C)(C)C)C(OS(C)(=O)=O)[C@@H]1O[C@@H]1OC(CO)[C@H](O)[C@H](NC(=O)OC(C)(C)C)C1O. The highest BCUT2D eigenvalue weighted by Gasteiger charge is 2.55. The maximum absolute atomic E-state index is 14.0. The molecule has 6 unspecified atom stereocenters. The third-order valence-corrected chi connectivity index (χ3v) is 11.4. The van der Waals surface area contributed by atoms with E-state index in [0.717, 1.165) is 0 Å². The summed E-state index contributed by atoms with van der Waals surface area (Å²) < 4.78 is 85.3. The number of hydrogen-bond donors (Lipinski definition) is 10. The normalized spacial score (nSPS) is 28.9. The standard InChI is InChI=1S/C48H86N6O22S/c1-44(2,3)71-39(60)49-20-19-28(56)36(59)51-26-21-27(53-42(63)74-47(10,11)12)34(69-37-25(52-41(62)73-46(7,8)9)18-17-24(67-37)22-50-40(61)72-45(4,5)6)35(76-77(16,65)66)33(26)70-38-32(58)30(31(57)29(23-55)68-38)54-43(64)75-48(13,14)15/h24-35,37-38,55-58H,17-23H2,1-16H3,(H,49,60)(H,50,61)(H,51,59)(H,52,62)(H,53,63)(H,54,64)/t24?,25?,26-,27+,28+,29?,30+,31+,32?,33-,34?,35?,37+,38+/m1/s1. The monoisotopic (exact) mass is 1130 g/mol. The maximum Gasteiger partial charge on any atom is 0.408 e. The average Bonchev–Trinajstić information content (AvgIpc) is 3.21. The number of amides is 6. The Morgan fingerprint density at radius 3 is 1.49 bits per heavy atom. The van der Waals surface area contributed by atoms with Gasteiger partial charge < -0.3 is 95.0 Å². The number of rotatable bonds is 17. The van der Waals surface area contributed by atoms with Crippen LogP contribution in [0, 0.1) is 0 Å². The van der Waals surface area contributed by atoms with Crippen LogP contribution >= 0.6 is 0 Å². The first-order valence-corrected chi connectivity index (χ1v) is 27.2. The molecular weight excluding hydrogens is 1040 g/mol. The Balaban J connectivity index is 2.27. The summed E-state index contributed by atoms with van der Waals surface area (Å²) in [4.78, 5) is 79.4. The van der Waals surface area contributed by atoms with Crippen molar-refractivity contribution in [1.29, 1.82) is 0 Å². The molecule has 28 nitrogen and oxygen atoms in total. The maximum atomic E-state index is 14.0. The lowest BCUT2D eigenvalue weighted by Gasteiger charge is -2.50. The Morgan fingerprint density at radius 1 is 0.571 bits per heavy atom. The van der Waals surface area contributed by atoms with Crippen molar-refractivity contribution in [1.82, 2.24) is 31.9 Å². The molecule has 0 spiro atoms. The van der Waals surface area contributed by atoms with Crippen LogP contribution in [0.3, 0.4) is 0 Å². The van der Waals surface area contributed by atoms with E-state index in [2.05, 4.69) is 31.9 Å². The molecule has 1 aliphatic carbocycles. The number of alkyl carbamates (subject to hydrolysis) is 5. The fourth-order valence-electron chi connectivity index (χ4n) is 7.98. The second-order valence-electron chi connectivity index (χ2n) is 24.0. The number of carbonyl (C=O) groups is 6. The molecule has 0 aromatic heterocycles. The van der Waals surface area contributed by atoms with Gasteiger partial charge in [-0.25, -0.2) is 24.0 Å². The van der Waals surface area contributed by atoms with Crippen molar-refractivity contribution in [3.63, 3.8) is 0 Å². The van der Waals surface area contributed by atoms with Gasteiger partial charge in [0.05, 0.1) is 43.1 Å². The second kappa shape index (κ2) is 27.0. The van der Waals surface area contributed by atoms with Crippen LogP contribution in [0.15, 0.2) is 0 Å². The summed E-state index contributed by atoms with van der Waals surface area (Å²) in [5, 5.41) is 60.0. The molecule has 2 heterocycles. The average molecular weight is 1130 g/mol. The van der Waals surface area contributed by atoms with Gasteiger partial charge in [-0.1, -0.05) is 0 Å². The van der Waals surface area contributed by atoms with Gasteiger partial charge in [0.25, 0.3) is 10.1 Å². The molecule has 77 heavy (non-hydrogen) atoms. The van der Waals surface area contributed by atoms with Crippen LogP contribution in [0.25, 0.3) is 0 Å². The van der Waals surface area contributed by atoms with Gasteiger partial charge in [0.15, 0.2) is 12.6 Å². The van der Waals surface area contributed by atoms with E-state index in [-0.39, 0.29) is 25.9 Å². The third kappa shape index (κ3) is 24.1. The van der Waals surface area contributed by atoms with Crippen molar-refractivity contribution < 1.29 is 104 Å². The summed E-state index contributed by atoms with van der Waals surface area (Å²) in [5.74, 6) is -1.13. The first kappa shape index (κ1) is 66.7. The zero-order chi connectivity index (χ0) is 58.8. The zero-order valence-corrected chi connectivity index (χ0v) is 47.9. The highest BCUT2D eigenvalue weighted by Crippen LogP contribution is 2.36. The molecule has 0 aromatic rings. The van der Waals surface area contributed by atoms with Crippen molar-refractivity contribution in [3.8, 4) is 0 Å². The summed E-state index contributed by atoms with van der Waals surface area (Å²) in [6.45, 7) is 22.7. The Morgan fingerprint density at radius 2 is 1.01 bits per heavy atom. The van der Waals surface area contributed by atoms with Gasteiger partial charge in [-0.3, -0.25) is 8.98 Å². The van der Waals surface area contributed by atoms with Crippen LogP contribution < -0.4 is 31.9 Å². The minimum absolute atomic E-state index is 0.0807. The molecule has 3 fully saturated rings. The molecule has 3 rings (SSSR count). The van der Waals surface area contributed by atoms with Gasteiger partial charge in [-0.05, 0) is 130 Å². The molecule has 0 bridgehead atoms. The number of aliphatic hydroxyl groups excluding tert-OH is 4. The van der Waals surface area contributed by atoms with Crippen molar-refractivity contribution in [2.24, 2.45) is 0 Å². The quantitative estimate of drug-likeness (QED) is 0.0727. The van der Waals surface area contributed by atoms with E-state index in [4.69, 9.17) is 46.8 Å². The summed E-state index contributed by atoms with van der Waals surface area (Å²) >= 11 is 0. The molecule has 1 saturated carbocycles. The van der Waals surface area contributed by atoms with E-state index in [0.29, 0.717) is 6.26 Å². The van der Waals surface area contributed by atoms with Crippen molar-refractivity contribution in [2.45, 2.75) is 243 Å². The van der Waals surface area contributed by atoms with E-state index in [9.17, 15) is 57.6 Å². The molecule has 10 N–H and O–H groups in total. The number of hydrogen-bond acceptors (Lipinski definition) is 22. The van der Waals surface area contributed by atoms with Crippen molar-refractivity contribution >= 4 is 46.5 Å². The van der Waals surface area contributed by atoms with E-state index < -0.39 is 180 Å². The number of aliphatic hydroxyl groups is 4. The molecular formula is C48H86N6O22S. The number of ether oxygens (including phenoxy) is 9. The lowest BCUT2D eigenvalue weighted by molar-refractivity contribution is -0.314. The minimum atomic E-state index is -4.70. The molecule has 2 aliphatic heterocycles. The summed E-state index contributed by atoms with van der Waals surface area (Å²) in [6.07, 6.45) is -22.4. The van der Waals surface area contributed by atoms with Gasteiger partial charge in [0.2, 0.25) is 5.91 Å². The Hall–Kier alpha value is -4.59. The molecule has 446 valence electrons. The molecule has 6 amide bonds. The summed E-state index contributed by atoms with van der Waals surface area (Å²) in [7, 11) is -4.70. The van der Waals surface area contributed by atoms with Crippen LogP contribution in [-0.2, 0) is 61.7 Å². The van der Waals surface area contributed by atoms with Gasteiger partial charge >= 0.3 is 30.5 Å². The Kier molecular flexibility index (Phi) is 23.4. The summed E-state index contributed by atoms with van der Waals surface area (Å²) in [5.41, 5.74) is -4.90. The Labute approximate surface area is 450 Å². The molecule has 14 atom stereocenters. The molecule has 0 radical (unpaired) electrons. The van der Waals surface area contributed by atoms with E-state index >= 15 is 0 Å². The molecule has 0 aromatic carbocycles. The smallest absolute Gasteiger partial charge is 0.408 e. The van der Waals surface area contributed by atoms with Crippen LogP contribution in [0.4, 0.5) is 24.0 Å². The van der Waals surface area contributed by atoms with Crippen molar-refractivity contribution in [3.05, 3.63) is 0 Å². The fourth-order valence-corrected chi connectivity index (χ4v) is 8.61. The van der Waals surface area contributed by atoms with E-state index in [1.54, 1.807) is 104 Å². The number of nitrogens with one attached hydrogen (secondary N) is 6. The highest BCUT2D eigenvalue weighted by atomic mass is 32.2. The lowest BCUT2D eigenvalue weighted by atomic mass is 9.83. The lowest BCUT2D eigenvalue weighted by Crippen LogP contribution is -2.71. The fraction of sp³-hybridized carbons (Fsp3) is 0.875. The van der Waals surface area contributed by atoms with Gasteiger partial charge in [-0.2, -0.15) is 8.42 Å². The molecule has 2 saturated heterocycles. The molecule has 29 heteroatoms. The van der Waals surface area contributed by atoms with Gasteiger partial charge in [0, 0.05) is 13.1 Å². The van der Waals surface area contributed by atoms with Crippen LogP contribution in [0.2, 0.25) is 0 Å². The van der Waals surface area contributed by atoms with Crippen LogP contribution in [0.1, 0.15) is 130 Å². The van der Waals surface area contributed by atoms with Crippen LogP contribution in [0.5, 0.6) is 0 Å². The predicted molar refractivity (Wildman–Crippen MR) is 270 cm³/mol. The van der Waals surface area contributed by atoms with Crippen molar-refractivity contribution in [2.75, 3.05) is 26.0 Å². The number of carbonyl (C=O) groups excluding carboxylic acids is 6. The Bertz CT molecular complexity index is 2100. The largest absolute Gasteiger partial charge is 0.444 e. The second-order valence-corrected chi connectivity index (χ2v) is 25.6. The van der Waals surface area contributed by atoms with E-state index in [1.165, 1.54) is 0 Å². The summed E-state index contributed by atoms with van der Waals surface area (Å²) in [6, 6.07) is -5.91. The third-order valence-electron chi connectivity index (χ3n) is 10.8. The first-order chi connectivity index (χ1) is 35.0. The first-order valence-electron chi connectivity index (χ1n) is 25.4. The van der Waals surface area contributed by atoms with Gasteiger partial charge in [-0.15, -0.1) is 0 Å². The topological polar surface area (TPSA) is 382 Å². The zero-order valence-electron chi connectivity index (χ0n) is 47.1. The van der Waals surface area contributed by atoms with Crippen LogP contribution in [-0.4, -0.2) is 205 Å². The molecule has 3 aliphatic rings.